The fraction of sp³-hybridized carbons (Fsp3) is 0.385. The Morgan fingerprint density at radius 2 is 1.94 bits per heavy atom. The number of hydrogen-bond donors (Lipinski definition) is 2. The molecule has 0 aliphatic rings. The molecular formula is C13H17ClN2OS. The number of carbonyl (C=O) groups is 1. The predicted molar refractivity (Wildman–Crippen MR) is 78.7 cm³/mol. The van der Waals surface area contributed by atoms with Crippen LogP contribution in [0.25, 0.3) is 0 Å². The second-order valence-corrected chi connectivity index (χ2v) is 5.40. The summed E-state index contributed by atoms with van der Waals surface area (Å²) in [5, 5.41) is 3.50. The van der Waals surface area contributed by atoms with Gasteiger partial charge in [-0.1, -0.05) is 49.8 Å². The summed E-state index contributed by atoms with van der Waals surface area (Å²) >= 11 is 10.7. The normalized spacial score (nSPS) is 12.2. The van der Waals surface area contributed by atoms with Gasteiger partial charge in [-0.25, -0.2) is 0 Å². The zero-order valence-electron chi connectivity index (χ0n) is 10.4. The molecule has 1 aromatic carbocycles. The van der Waals surface area contributed by atoms with Crippen molar-refractivity contribution in [3.05, 3.63) is 34.9 Å². The third-order valence-electron chi connectivity index (χ3n) is 2.57. The molecule has 1 rings (SSSR count). The van der Waals surface area contributed by atoms with Gasteiger partial charge in [-0.05, 0) is 23.6 Å². The van der Waals surface area contributed by atoms with Gasteiger partial charge in [0.1, 0.15) is 0 Å². The van der Waals surface area contributed by atoms with Crippen LogP contribution in [-0.2, 0) is 11.2 Å². The maximum atomic E-state index is 11.9. The van der Waals surface area contributed by atoms with Crippen molar-refractivity contribution < 1.29 is 4.79 Å². The summed E-state index contributed by atoms with van der Waals surface area (Å²) in [6, 6.07) is 6.91. The highest BCUT2D eigenvalue weighted by Crippen LogP contribution is 2.10. The minimum Gasteiger partial charge on any atom is -0.392 e. The van der Waals surface area contributed by atoms with Gasteiger partial charge in [0, 0.05) is 5.02 Å². The van der Waals surface area contributed by atoms with Crippen LogP contribution in [0.4, 0.5) is 0 Å². The van der Waals surface area contributed by atoms with E-state index in [2.05, 4.69) is 5.32 Å². The molecule has 0 saturated heterocycles. The first-order valence-corrected chi connectivity index (χ1v) is 6.52. The summed E-state index contributed by atoms with van der Waals surface area (Å²) in [6.45, 7) is 3.93. The van der Waals surface area contributed by atoms with E-state index in [-0.39, 0.29) is 17.9 Å². The number of halogens is 1. The minimum absolute atomic E-state index is 0.0937. The lowest BCUT2D eigenvalue weighted by Crippen LogP contribution is -2.47. The van der Waals surface area contributed by atoms with Gasteiger partial charge in [0.25, 0.3) is 0 Å². The summed E-state index contributed by atoms with van der Waals surface area (Å²) in [5.41, 5.74) is 6.50. The van der Waals surface area contributed by atoms with Crippen molar-refractivity contribution >= 4 is 34.7 Å². The molecule has 1 atom stereocenters. The Hall–Kier alpha value is -1.13. The van der Waals surface area contributed by atoms with Crippen molar-refractivity contribution in [1.29, 1.82) is 0 Å². The zero-order chi connectivity index (χ0) is 13.7. The highest BCUT2D eigenvalue weighted by molar-refractivity contribution is 7.80. The Morgan fingerprint density at radius 1 is 1.39 bits per heavy atom. The molecule has 1 unspecified atom stereocenters. The number of hydrogen-bond acceptors (Lipinski definition) is 2. The van der Waals surface area contributed by atoms with Crippen molar-refractivity contribution in [2.45, 2.75) is 26.3 Å². The molecule has 0 spiro atoms. The second kappa shape index (κ2) is 6.71. The highest BCUT2D eigenvalue weighted by Gasteiger charge is 2.18. The van der Waals surface area contributed by atoms with E-state index in [4.69, 9.17) is 29.6 Å². The van der Waals surface area contributed by atoms with Crippen molar-refractivity contribution in [2.24, 2.45) is 11.7 Å². The predicted octanol–water partition coefficient (Wildman–Crippen LogP) is 2.31. The quantitative estimate of drug-likeness (QED) is 0.816. The van der Waals surface area contributed by atoms with Crippen LogP contribution in [0.1, 0.15) is 19.4 Å². The lowest BCUT2D eigenvalue weighted by Gasteiger charge is -2.21. The number of thiocarbonyl (C=S) groups is 1. The van der Waals surface area contributed by atoms with Gasteiger partial charge >= 0.3 is 0 Å². The highest BCUT2D eigenvalue weighted by atomic mass is 35.5. The SMILES string of the molecule is CC(C)C(NC(=O)Cc1ccc(Cl)cc1)C(N)=S. The number of carbonyl (C=O) groups excluding carboxylic acids is 1. The number of rotatable bonds is 5. The first-order chi connectivity index (χ1) is 8.40. The molecule has 0 aliphatic carbocycles. The average Bonchev–Trinajstić information content (AvgIpc) is 2.28. The maximum absolute atomic E-state index is 11.9. The summed E-state index contributed by atoms with van der Waals surface area (Å²) in [5.74, 6) is 0.0838. The molecule has 18 heavy (non-hydrogen) atoms. The first kappa shape index (κ1) is 14.9. The molecule has 3 N–H and O–H groups in total. The summed E-state index contributed by atoms with van der Waals surface area (Å²) in [4.78, 5) is 12.2. The second-order valence-electron chi connectivity index (χ2n) is 4.49. The molecule has 0 saturated carbocycles. The van der Waals surface area contributed by atoms with Gasteiger partial charge in [-0.15, -0.1) is 0 Å². The van der Waals surface area contributed by atoms with Crippen molar-refractivity contribution in [3.8, 4) is 0 Å². The van der Waals surface area contributed by atoms with Crippen molar-refractivity contribution in [2.75, 3.05) is 0 Å². The van der Waals surface area contributed by atoms with E-state index in [1.807, 2.05) is 26.0 Å². The molecule has 1 amide bonds. The molecule has 0 aliphatic heterocycles. The molecular weight excluding hydrogens is 268 g/mol. The fourth-order valence-corrected chi connectivity index (χ4v) is 2.04. The Balaban J connectivity index is 2.60. The van der Waals surface area contributed by atoms with Crippen molar-refractivity contribution in [1.82, 2.24) is 5.32 Å². The summed E-state index contributed by atoms with van der Waals surface area (Å²) in [6.07, 6.45) is 0.295. The van der Waals surface area contributed by atoms with Crippen LogP contribution in [-0.4, -0.2) is 16.9 Å². The largest absolute Gasteiger partial charge is 0.392 e. The van der Waals surface area contributed by atoms with E-state index >= 15 is 0 Å². The van der Waals surface area contributed by atoms with Crippen LogP contribution in [0.5, 0.6) is 0 Å². The van der Waals surface area contributed by atoms with E-state index in [1.165, 1.54) is 0 Å². The third-order valence-corrected chi connectivity index (χ3v) is 3.07. The molecule has 0 fully saturated rings. The fourth-order valence-electron chi connectivity index (χ4n) is 1.58. The summed E-state index contributed by atoms with van der Waals surface area (Å²) < 4.78 is 0. The van der Waals surface area contributed by atoms with Gasteiger partial charge in [-0.2, -0.15) is 0 Å². The molecule has 5 heteroatoms. The lowest BCUT2D eigenvalue weighted by molar-refractivity contribution is -0.120. The molecule has 1 aromatic rings. The monoisotopic (exact) mass is 284 g/mol. The van der Waals surface area contributed by atoms with E-state index in [0.29, 0.717) is 16.4 Å². The number of amides is 1. The molecule has 0 heterocycles. The Labute approximate surface area is 118 Å². The van der Waals surface area contributed by atoms with E-state index in [1.54, 1.807) is 12.1 Å². The van der Waals surface area contributed by atoms with E-state index in [0.717, 1.165) is 5.56 Å². The summed E-state index contributed by atoms with van der Waals surface area (Å²) in [7, 11) is 0. The van der Waals surface area contributed by atoms with Crippen molar-refractivity contribution in [3.63, 3.8) is 0 Å². The van der Waals surface area contributed by atoms with Gasteiger partial charge in [0.2, 0.25) is 5.91 Å². The first-order valence-electron chi connectivity index (χ1n) is 5.73. The Bertz CT molecular complexity index is 431. The van der Waals surface area contributed by atoms with E-state index in [9.17, 15) is 4.79 Å². The van der Waals surface area contributed by atoms with Gasteiger partial charge < -0.3 is 11.1 Å². The molecule has 0 bridgehead atoms. The van der Waals surface area contributed by atoms with Gasteiger partial charge in [0.05, 0.1) is 17.5 Å². The van der Waals surface area contributed by atoms with E-state index < -0.39 is 0 Å². The van der Waals surface area contributed by atoms with Crippen LogP contribution in [0.15, 0.2) is 24.3 Å². The minimum atomic E-state index is -0.264. The van der Waals surface area contributed by atoms with Crippen LogP contribution in [0, 0.1) is 5.92 Å². The number of benzene rings is 1. The molecule has 3 nitrogen and oxygen atoms in total. The maximum Gasteiger partial charge on any atom is 0.224 e. The molecule has 0 aromatic heterocycles. The van der Waals surface area contributed by atoms with Crippen LogP contribution < -0.4 is 11.1 Å². The molecule has 0 radical (unpaired) electrons. The lowest BCUT2D eigenvalue weighted by atomic mass is 10.0. The van der Waals surface area contributed by atoms with Gasteiger partial charge in [0.15, 0.2) is 0 Å². The number of nitrogens with one attached hydrogen (secondary N) is 1. The Morgan fingerprint density at radius 3 is 2.39 bits per heavy atom. The smallest absolute Gasteiger partial charge is 0.224 e. The number of nitrogens with two attached hydrogens (primary N) is 1. The van der Waals surface area contributed by atoms with Crippen LogP contribution >= 0.6 is 23.8 Å². The third kappa shape index (κ3) is 4.63. The van der Waals surface area contributed by atoms with Crippen LogP contribution in [0.3, 0.4) is 0 Å². The van der Waals surface area contributed by atoms with Crippen LogP contribution in [0.2, 0.25) is 5.02 Å². The Kier molecular flexibility index (Phi) is 5.56. The zero-order valence-corrected chi connectivity index (χ0v) is 12.0. The average molecular weight is 285 g/mol. The molecule has 98 valence electrons. The topological polar surface area (TPSA) is 55.1 Å². The standard InChI is InChI=1S/C13H17ClN2OS/c1-8(2)12(13(15)18)16-11(17)7-9-3-5-10(14)6-4-9/h3-6,8,12H,7H2,1-2H3,(H2,15,18)(H,16,17). The van der Waals surface area contributed by atoms with Gasteiger partial charge in [-0.3, -0.25) is 4.79 Å².